The van der Waals surface area contributed by atoms with Crippen molar-refractivity contribution in [1.29, 1.82) is 0 Å². The maximum absolute atomic E-state index is 5.78. The normalized spacial score (nSPS) is 12.6. The summed E-state index contributed by atoms with van der Waals surface area (Å²) in [6.07, 6.45) is 0.896. The van der Waals surface area contributed by atoms with Gasteiger partial charge in [0.15, 0.2) is 0 Å². The van der Waals surface area contributed by atoms with Crippen molar-refractivity contribution in [3.8, 4) is 5.75 Å². The maximum atomic E-state index is 5.78. The summed E-state index contributed by atoms with van der Waals surface area (Å²) >= 11 is 0. The van der Waals surface area contributed by atoms with E-state index in [0.717, 1.165) is 12.2 Å². The molecule has 0 fully saturated rings. The molecule has 1 unspecified atom stereocenters. The van der Waals surface area contributed by atoms with Crippen LogP contribution in [0.5, 0.6) is 5.75 Å². The minimum Gasteiger partial charge on any atom is -0.493 e. The van der Waals surface area contributed by atoms with E-state index in [2.05, 4.69) is 32.9 Å². The molecule has 2 heteroatoms. The summed E-state index contributed by atoms with van der Waals surface area (Å²) in [4.78, 5) is 0. The predicted octanol–water partition coefficient (Wildman–Crippen LogP) is 2.73. The molecule has 0 aliphatic heterocycles. The lowest BCUT2D eigenvalue weighted by molar-refractivity contribution is 0.297. The molecule has 1 rings (SSSR count). The van der Waals surface area contributed by atoms with Gasteiger partial charge in [-0.3, -0.25) is 0 Å². The largest absolute Gasteiger partial charge is 0.493 e. The number of ether oxygens (including phenoxy) is 1. The second-order valence-electron chi connectivity index (χ2n) is 4.27. The lowest BCUT2D eigenvalue weighted by Gasteiger charge is -2.14. The van der Waals surface area contributed by atoms with E-state index in [0.29, 0.717) is 6.61 Å². The predicted molar refractivity (Wildman–Crippen MR) is 64.4 cm³/mol. The SMILES string of the molecule is Cc1ccc(C)c(OCCC(C)N)c1C. The monoisotopic (exact) mass is 207 g/mol. The maximum Gasteiger partial charge on any atom is 0.125 e. The fourth-order valence-electron chi connectivity index (χ4n) is 1.49. The highest BCUT2D eigenvalue weighted by Gasteiger charge is 2.06. The molecule has 0 aromatic heterocycles. The average Bonchev–Trinajstić information content (AvgIpc) is 2.17. The van der Waals surface area contributed by atoms with Crippen LogP contribution < -0.4 is 10.5 Å². The van der Waals surface area contributed by atoms with Gasteiger partial charge in [-0.15, -0.1) is 0 Å². The average molecular weight is 207 g/mol. The quantitative estimate of drug-likeness (QED) is 0.824. The first-order chi connectivity index (χ1) is 7.02. The summed E-state index contributed by atoms with van der Waals surface area (Å²) in [6.45, 7) is 8.98. The fourth-order valence-corrected chi connectivity index (χ4v) is 1.49. The van der Waals surface area contributed by atoms with Crippen LogP contribution >= 0.6 is 0 Å². The van der Waals surface area contributed by atoms with Crippen molar-refractivity contribution in [1.82, 2.24) is 0 Å². The first kappa shape index (κ1) is 12.1. The molecule has 0 amide bonds. The van der Waals surface area contributed by atoms with Crippen LogP contribution in [-0.2, 0) is 0 Å². The topological polar surface area (TPSA) is 35.2 Å². The van der Waals surface area contributed by atoms with Gasteiger partial charge in [-0.1, -0.05) is 12.1 Å². The Balaban J connectivity index is 2.71. The third kappa shape index (κ3) is 3.24. The Morgan fingerprint density at radius 2 is 1.80 bits per heavy atom. The third-order valence-corrected chi connectivity index (χ3v) is 2.69. The minimum atomic E-state index is 0.204. The standard InChI is InChI=1S/C13H21NO/c1-9-5-6-10(2)13(12(9)4)15-8-7-11(3)14/h5-6,11H,7-8,14H2,1-4H3. The Labute approximate surface area is 92.4 Å². The summed E-state index contributed by atoms with van der Waals surface area (Å²) in [7, 11) is 0. The second kappa shape index (κ2) is 5.17. The van der Waals surface area contributed by atoms with E-state index in [1.807, 2.05) is 6.92 Å². The number of hydrogen-bond donors (Lipinski definition) is 1. The van der Waals surface area contributed by atoms with E-state index in [4.69, 9.17) is 10.5 Å². The van der Waals surface area contributed by atoms with Crippen LogP contribution in [0, 0.1) is 20.8 Å². The number of benzene rings is 1. The van der Waals surface area contributed by atoms with Crippen molar-refractivity contribution >= 4 is 0 Å². The molecular formula is C13H21NO. The van der Waals surface area contributed by atoms with Gasteiger partial charge in [0.25, 0.3) is 0 Å². The van der Waals surface area contributed by atoms with Gasteiger partial charge in [0.1, 0.15) is 5.75 Å². The fraction of sp³-hybridized carbons (Fsp3) is 0.538. The van der Waals surface area contributed by atoms with Gasteiger partial charge in [0, 0.05) is 6.04 Å². The van der Waals surface area contributed by atoms with Gasteiger partial charge >= 0.3 is 0 Å². The minimum absolute atomic E-state index is 0.204. The van der Waals surface area contributed by atoms with Gasteiger partial charge in [0.2, 0.25) is 0 Å². The Morgan fingerprint density at radius 3 is 2.40 bits per heavy atom. The summed E-state index contributed by atoms with van der Waals surface area (Å²) in [5, 5.41) is 0. The molecule has 2 nitrogen and oxygen atoms in total. The van der Waals surface area contributed by atoms with Gasteiger partial charge in [-0.25, -0.2) is 0 Å². The van der Waals surface area contributed by atoms with Gasteiger partial charge in [-0.05, 0) is 50.8 Å². The van der Waals surface area contributed by atoms with E-state index in [1.165, 1.54) is 16.7 Å². The molecule has 1 atom stereocenters. The number of aryl methyl sites for hydroxylation is 2. The highest BCUT2D eigenvalue weighted by atomic mass is 16.5. The van der Waals surface area contributed by atoms with E-state index < -0.39 is 0 Å². The molecule has 1 aromatic carbocycles. The first-order valence-corrected chi connectivity index (χ1v) is 5.47. The highest BCUT2D eigenvalue weighted by molar-refractivity contribution is 5.44. The molecule has 0 heterocycles. The zero-order valence-corrected chi connectivity index (χ0v) is 10.1. The van der Waals surface area contributed by atoms with Crippen LogP contribution in [0.15, 0.2) is 12.1 Å². The summed E-state index contributed by atoms with van der Waals surface area (Å²) in [6, 6.07) is 4.43. The molecule has 0 aliphatic carbocycles. The Hall–Kier alpha value is -1.02. The van der Waals surface area contributed by atoms with Gasteiger partial charge in [0.05, 0.1) is 6.61 Å². The Kier molecular flexibility index (Phi) is 4.15. The molecule has 15 heavy (non-hydrogen) atoms. The zero-order chi connectivity index (χ0) is 11.4. The van der Waals surface area contributed by atoms with Crippen molar-refractivity contribution in [2.24, 2.45) is 5.73 Å². The zero-order valence-electron chi connectivity index (χ0n) is 10.1. The molecule has 0 aliphatic rings. The van der Waals surface area contributed by atoms with Crippen molar-refractivity contribution in [2.75, 3.05) is 6.61 Å². The van der Waals surface area contributed by atoms with E-state index in [-0.39, 0.29) is 6.04 Å². The Bertz CT molecular complexity index is 332. The summed E-state index contributed by atoms with van der Waals surface area (Å²) in [5.74, 6) is 1.02. The molecule has 0 saturated carbocycles. The third-order valence-electron chi connectivity index (χ3n) is 2.69. The molecule has 2 N–H and O–H groups in total. The van der Waals surface area contributed by atoms with Crippen LogP contribution in [0.4, 0.5) is 0 Å². The molecule has 0 saturated heterocycles. The smallest absolute Gasteiger partial charge is 0.125 e. The van der Waals surface area contributed by atoms with Crippen LogP contribution in [0.2, 0.25) is 0 Å². The van der Waals surface area contributed by atoms with Gasteiger partial charge in [-0.2, -0.15) is 0 Å². The van der Waals surface area contributed by atoms with E-state index in [1.54, 1.807) is 0 Å². The van der Waals surface area contributed by atoms with Crippen LogP contribution in [0.3, 0.4) is 0 Å². The van der Waals surface area contributed by atoms with Crippen LogP contribution in [0.1, 0.15) is 30.0 Å². The first-order valence-electron chi connectivity index (χ1n) is 5.47. The summed E-state index contributed by atoms with van der Waals surface area (Å²) in [5.41, 5.74) is 9.39. The van der Waals surface area contributed by atoms with Crippen molar-refractivity contribution in [2.45, 2.75) is 40.2 Å². The van der Waals surface area contributed by atoms with Crippen LogP contribution in [-0.4, -0.2) is 12.6 Å². The molecule has 0 spiro atoms. The molecule has 0 radical (unpaired) electrons. The Morgan fingerprint density at radius 1 is 1.20 bits per heavy atom. The summed E-state index contributed by atoms with van der Waals surface area (Å²) < 4.78 is 5.78. The lowest BCUT2D eigenvalue weighted by atomic mass is 10.1. The van der Waals surface area contributed by atoms with Crippen LogP contribution in [0.25, 0.3) is 0 Å². The molecular weight excluding hydrogens is 186 g/mol. The van der Waals surface area contributed by atoms with Crippen molar-refractivity contribution in [3.63, 3.8) is 0 Å². The second-order valence-corrected chi connectivity index (χ2v) is 4.27. The van der Waals surface area contributed by atoms with E-state index >= 15 is 0 Å². The van der Waals surface area contributed by atoms with Crippen molar-refractivity contribution < 1.29 is 4.74 Å². The molecule has 1 aromatic rings. The number of hydrogen-bond acceptors (Lipinski definition) is 2. The van der Waals surface area contributed by atoms with E-state index in [9.17, 15) is 0 Å². The number of rotatable bonds is 4. The highest BCUT2D eigenvalue weighted by Crippen LogP contribution is 2.25. The lowest BCUT2D eigenvalue weighted by Crippen LogP contribution is -2.18. The molecule has 84 valence electrons. The van der Waals surface area contributed by atoms with Gasteiger partial charge < -0.3 is 10.5 Å². The molecule has 0 bridgehead atoms. The van der Waals surface area contributed by atoms with Crippen molar-refractivity contribution in [3.05, 3.63) is 28.8 Å². The number of nitrogens with two attached hydrogens (primary N) is 1.